The van der Waals surface area contributed by atoms with Gasteiger partial charge in [0.05, 0.1) is 6.21 Å². The number of nitrogens with one attached hydrogen (secondary N) is 1. The predicted molar refractivity (Wildman–Crippen MR) is 75.7 cm³/mol. The molecule has 0 saturated carbocycles. The average molecular weight is 288 g/mol. The zero-order valence-corrected chi connectivity index (χ0v) is 11.0. The van der Waals surface area contributed by atoms with E-state index in [9.17, 15) is 9.18 Å². The number of rotatable bonds is 5. The fraction of sp³-hybridized carbons (Fsp3) is 0.0667. The monoisotopic (exact) mass is 288 g/mol. The van der Waals surface area contributed by atoms with E-state index in [0.29, 0.717) is 5.56 Å². The van der Waals surface area contributed by atoms with Gasteiger partial charge in [0.15, 0.2) is 18.2 Å². The Hall–Kier alpha value is -2.89. The topological polar surface area (TPSA) is 70.9 Å². The fourth-order valence-electron chi connectivity index (χ4n) is 1.48. The van der Waals surface area contributed by atoms with Crippen molar-refractivity contribution in [1.82, 2.24) is 5.43 Å². The molecule has 0 fully saturated rings. The number of phenolic OH excluding ortho intramolecular Hbond substituents is 1. The van der Waals surface area contributed by atoms with E-state index in [4.69, 9.17) is 9.84 Å². The van der Waals surface area contributed by atoms with Crippen molar-refractivity contribution in [2.24, 2.45) is 5.10 Å². The third-order valence-electron chi connectivity index (χ3n) is 2.49. The summed E-state index contributed by atoms with van der Waals surface area (Å²) in [6.07, 6.45) is 1.42. The van der Waals surface area contributed by atoms with Gasteiger partial charge in [-0.25, -0.2) is 9.82 Å². The molecule has 6 heteroatoms. The minimum Gasteiger partial charge on any atom is -0.508 e. The number of aromatic hydroxyl groups is 1. The molecule has 5 nitrogen and oxygen atoms in total. The Morgan fingerprint density at radius 3 is 2.67 bits per heavy atom. The van der Waals surface area contributed by atoms with Gasteiger partial charge < -0.3 is 9.84 Å². The number of amides is 1. The van der Waals surface area contributed by atoms with Gasteiger partial charge in [-0.1, -0.05) is 12.1 Å². The summed E-state index contributed by atoms with van der Waals surface area (Å²) in [5.41, 5.74) is 2.97. The van der Waals surface area contributed by atoms with Crippen LogP contribution in [0, 0.1) is 5.82 Å². The van der Waals surface area contributed by atoms with Gasteiger partial charge in [0.25, 0.3) is 5.91 Å². The summed E-state index contributed by atoms with van der Waals surface area (Å²) in [6.45, 7) is -0.339. The highest BCUT2D eigenvalue weighted by Gasteiger charge is 2.04. The highest BCUT2D eigenvalue weighted by Crippen LogP contribution is 2.14. The second-order valence-corrected chi connectivity index (χ2v) is 4.10. The van der Waals surface area contributed by atoms with Crippen LogP contribution in [-0.4, -0.2) is 23.8 Å². The maximum absolute atomic E-state index is 13.2. The summed E-state index contributed by atoms with van der Waals surface area (Å²) >= 11 is 0. The van der Waals surface area contributed by atoms with Gasteiger partial charge in [-0.05, 0) is 42.0 Å². The van der Waals surface area contributed by atoms with Crippen molar-refractivity contribution in [2.45, 2.75) is 0 Å². The molecule has 0 atom stereocenters. The van der Waals surface area contributed by atoms with Crippen LogP contribution in [0.2, 0.25) is 0 Å². The van der Waals surface area contributed by atoms with Crippen LogP contribution >= 0.6 is 0 Å². The summed E-state index contributed by atoms with van der Waals surface area (Å²) in [4.78, 5) is 11.5. The maximum Gasteiger partial charge on any atom is 0.277 e. The third-order valence-corrected chi connectivity index (χ3v) is 2.49. The number of nitrogens with zero attached hydrogens (tertiary/aromatic N) is 1. The Bertz CT molecular complexity index is 642. The summed E-state index contributed by atoms with van der Waals surface area (Å²) < 4.78 is 18.3. The van der Waals surface area contributed by atoms with E-state index < -0.39 is 11.7 Å². The lowest BCUT2D eigenvalue weighted by Crippen LogP contribution is -2.24. The quantitative estimate of drug-likeness (QED) is 0.653. The van der Waals surface area contributed by atoms with Crippen LogP contribution < -0.4 is 10.2 Å². The Morgan fingerprint density at radius 1 is 1.24 bits per heavy atom. The van der Waals surface area contributed by atoms with E-state index in [2.05, 4.69) is 10.5 Å². The molecule has 2 N–H and O–H groups in total. The van der Waals surface area contributed by atoms with Crippen molar-refractivity contribution in [1.29, 1.82) is 0 Å². The van der Waals surface area contributed by atoms with E-state index in [0.717, 1.165) is 0 Å². The van der Waals surface area contributed by atoms with Gasteiger partial charge in [-0.15, -0.1) is 0 Å². The van der Waals surface area contributed by atoms with Crippen molar-refractivity contribution in [2.75, 3.05) is 6.61 Å². The second kappa shape index (κ2) is 7.04. The van der Waals surface area contributed by atoms with Gasteiger partial charge in [-0.2, -0.15) is 5.10 Å². The molecule has 0 saturated heterocycles. The number of carbonyl (C=O) groups is 1. The van der Waals surface area contributed by atoms with Crippen molar-refractivity contribution in [3.05, 3.63) is 59.9 Å². The predicted octanol–water partition coefficient (Wildman–Crippen LogP) is 2.06. The Kier molecular flexibility index (Phi) is 4.87. The first-order chi connectivity index (χ1) is 10.1. The molecule has 0 radical (unpaired) electrons. The Labute approximate surface area is 120 Å². The molecule has 0 spiro atoms. The first-order valence-electron chi connectivity index (χ1n) is 6.13. The summed E-state index contributed by atoms with van der Waals surface area (Å²) in [7, 11) is 0. The molecule has 2 rings (SSSR count). The minimum absolute atomic E-state index is 0.00941. The second-order valence-electron chi connectivity index (χ2n) is 4.10. The molecule has 2 aromatic carbocycles. The number of hydrogen-bond donors (Lipinski definition) is 2. The molecule has 0 heterocycles. The van der Waals surface area contributed by atoms with Gasteiger partial charge in [-0.3, -0.25) is 4.79 Å². The van der Waals surface area contributed by atoms with Crippen LogP contribution in [0.1, 0.15) is 5.56 Å². The first kappa shape index (κ1) is 14.5. The molecule has 0 aliphatic heterocycles. The molecule has 21 heavy (non-hydrogen) atoms. The number of ether oxygens (including phenoxy) is 1. The molecular formula is C15H13FN2O3. The lowest BCUT2D eigenvalue weighted by atomic mass is 10.2. The van der Waals surface area contributed by atoms with Crippen molar-refractivity contribution < 1.29 is 19.0 Å². The number of benzene rings is 2. The molecular weight excluding hydrogens is 275 g/mol. The molecule has 0 aromatic heterocycles. The van der Waals surface area contributed by atoms with E-state index in [1.807, 2.05) is 0 Å². The summed E-state index contributed by atoms with van der Waals surface area (Å²) in [5, 5.41) is 12.8. The standard InChI is InChI=1S/C15H13FN2O3/c16-13-3-1-2-4-14(13)21-10-15(20)18-17-9-11-5-7-12(19)8-6-11/h1-9,19H,10H2,(H,18,20)/b17-9+. The summed E-state index contributed by atoms with van der Waals surface area (Å²) in [5.74, 6) is -0.879. The van der Waals surface area contributed by atoms with Crippen molar-refractivity contribution >= 4 is 12.1 Å². The van der Waals surface area contributed by atoms with E-state index >= 15 is 0 Å². The van der Waals surface area contributed by atoms with Crippen LogP contribution in [0.3, 0.4) is 0 Å². The zero-order chi connectivity index (χ0) is 15.1. The van der Waals surface area contributed by atoms with Gasteiger partial charge in [0.2, 0.25) is 0 Å². The van der Waals surface area contributed by atoms with Gasteiger partial charge in [0, 0.05) is 0 Å². The molecule has 0 aliphatic carbocycles. The average Bonchev–Trinajstić information content (AvgIpc) is 2.48. The fourth-order valence-corrected chi connectivity index (χ4v) is 1.48. The summed E-state index contributed by atoms with van der Waals surface area (Å²) in [6, 6.07) is 12.1. The smallest absolute Gasteiger partial charge is 0.277 e. The maximum atomic E-state index is 13.2. The number of phenols is 1. The molecule has 2 aromatic rings. The number of hydrazone groups is 1. The lowest BCUT2D eigenvalue weighted by Gasteiger charge is -2.05. The van der Waals surface area contributed by atoms with Gasteiger partial charge >= 0.3 is 0 Å². The Balaban J connectivity index is 1.80. The molecule has 1 amide bonds. The highest BCUT2D eigenvalue weighted by atomic mass is 19.1. The lowest BCUT2D eigenvalue weighted by molar-refractivity contribution is -0.123. The third kappa shape index (κ3) is 4.61. The zero-order valence-electron chi connectivity index (χ0n) is 11.0. The van der Waals surface area contributed by atoms with E-state index in [1.165, 1.54) is 36.5 Å². The van der Waals surface area contributed by atoms with Crippen molar-refractivity contribution in [3.63, 3.8) is 0 Å². The highest BCUT2D eigenvalue weighted by molar-refractivity contribution is 5.83. The van der Waals surface area contributed by atoms with E-state index in [-0.39, 0.29) is 18.1 Å². The van der Waals surface area contributed by atoms with Crippen LogP contribution in [0.15, 0.2) is 53.6 Å². The molecule has 0 unspecified atom stereocenters. The largest absolute Gasteiger partial charge is 0.508 e. The molecule has 0 bridgehead atoms. The first-order valence-corrected chi connectivity index (χ1v) is 6.13. The molecule has 0 aliphatic rings. The molecule has 108 valence electrons. The van der Waals surface area contributed by atoms with Crippen molar-refractivity contribution in [3.8, 4) is 11.5 Å². The SMILES string of the molecule is O=C(COc1ccccc1F)N/N=C/c1ccc(O)cc1. The number of para-hydroxylation sites is 1. The van der Waals surface area contributed by atoms with E-state index in [1.54, 1.807) is 18.2 Å². The van der Waals surface area contributed by atoms with Crippen LogP contribution in [0.5, 0.6) is 11.5 Å². The van der Waals surface area contributed by atoms with Crippen LogP contribution in [0.25, 0.3) is 0 Å². The normalized spacial score (nSPS) is 10.5. The minimum atomic E-state index is -0.530. The van der Waals surface area contributed by atoms with Crippen LogP contribution in [-0.2, 0) is 4.79 Å². The van der Waals surface area contributed by atoms with Crippen LogP contribution in [0.4, 0.5) is 4.39 Å². The number of halogens is 1. The Morgan fingerprint density at radius 2 is 1.95 bits per heavy atom. The number of hydrogen-bond acceptors (Lipinski definition) is 4. The van der Waals surface area contributed by atoms with Gasteiger partial charge in [0.1, 0.15) is 5.75 Å². The number of carbonyl (C=O) groups excluding carboxylic acids is 1.